The van der Waals surface area contributed by atoms with Crippen molar-refractivity contribution in [2.24, 2.45) is 0 Å². The molecule has 15 heteroatoms. The highest BCUT2D eigenvalue weighted by molar-refractivity contribution is 7.17. The Kier molecular flexibility index (Phi) is 11.0. The lowest BCUT2D eigenvalue weighted by Gasteiger charge is -2.45. The van der Waals surface area contributed by atoms with Gasteiger partial charge in [0.1, 0.15) is 10.5 Å². The van der Waals surface area contributed by atoms with Crippen LogP contribution in [0, 0.1) is 6.92 Å². The largest absolute Gasteiger partial charge is 0.493 e. The van der Waals surface area contributed by atoms with E-state index in [2.05, 4.69) is 52.3 Å². The van der Waals surface area contributed by atoms with Gasteiger partial charge in [0.15, 0.2) is 22.5 Å². The molecule has 6 rings (SSSR count). The maximum Gasteiger partial charge on any atom is 0.410 e. The summed E-state index contributed by atoms with van der Waals surface area (Å²) in [7, 11) is 1.57. The Morgan fingerprint density at radius 3 is 2.34 bits per heavy atom. The van der Waals surface area contributed by atoms with Gasteiger partial charge in [-0.05, 0) is 78.3 Å². The zero-order chi connectivity index (χ0) is 38.1. The molecule has 0 unspecified atom stereocenters. The maximum absolute atomic E-state index is 13.1. The molecule has 0 spiro atoms. The number of halogens is 1. The molecule has 282 valence electrons. The van der Waals surface area contributed by atoms with Gasteiger partial charge in [0.05, 0.1) is 47.1 Å². The van der Waals surface area contributed by atoms with Crippen molar-refractivity contribution < 1.29 is 23.8 Å². The number of aromatic nitrogens is 3. The highest BCUT2D eigenvalue weighted by atomic mass is 35.5. The fraction of sp³-hybridized carbons (Fsp3) is 0.447. The number of piperazine rings is 1. The number of anilines is 5. The van der Waals surface area contributed by atoms with Gasteiger partial charge in [-0.3, -0.25) is 4.79 Å². The molecule has 13 nitrogen and oxygen atoms in total. The fourth-order valence-electron chi connectivity index (χ4n) is 6.06. The van der Waals surface area contributed by atoms with E-state index in [9.17, 15) is 9.59 Å². The molecule has 0 radical (unpaired) electrons. The van der Waals surface area contributed by atoms with E-state index in [0.29, 0.717) is 64.2 Å². The smallest absolute Gasteiger partial charge is 0.410 e. The van der Waals surface area contributed by atoms with E-state index in [4.69, 9.17) is 35.8 Å². The molecule has 5 heterocycles. The number of methoxy groups -OCH3 is 1. The Balaban J connectivity index is 1.23. The van der Waals surface area contributed by atoms with Crippen molar-refractivity contribution >= 4 is 63.1 Å². The van der Waals surface area contributed by atoms with Gasteiger partial charge >= 0.3 is 6.09 Å². The Hall–Kier alpha value is -4.66. The Bertz CT molecular complexity index is 1940. The Morgan fingerprint density at radius 2 is 1.68 bits per heavy atom. The van der Waals surface area contributed by atoms with E-state index < -0.39 is 5.60 Å². The predicted octanol–water partition coefficient (Wildman–Crippen LogP) is 7.63. The first-order chi connectivity index (χ1) is 25.1. The van der Waals surface area contributed by atoms with E-state index in [0.717, 1.165) is 35.7 Å². The summed E-state index contributed by atoms with van der Waals surface area (Å²) in [5.41, 5.74) is 3.09. The molecule has 2 aliphatic heterocycles. The van der Waals surface area contributed by atoms with Gasteiger partial charge in [0, 0.05) is 51.0 Å². The van der Waals surface area contributed by atoms with E-state index in [1.165, 1.54) is 17.5 Å². The summed E-state index contributed by atoms with van der Waals surface area (Å²) < 4.78 is 17.5. The lowest BCUT2D eigenvalue weighted by Crippen LogP contribution is -2.55. The third-order valence-corrected chi connectivity index (χ3v) is 9.80. The van der Waals surface area contributed by atoms with Crippen LogP contribution in [0.2, 0.25) is 5.02 Å². The van der Waals surface area contributed by atoms with E-state index >= 15 is 0 Å². The minimum Gasteiger partial charge on any atom is -0.493 e. The summed E-state index contributed by atoms with van der Waals surface area (Å²) in [4.78, 5) is 46.8. The van der Waals surface area contributed by atoms with Crippen molar-refractivity contribution in [3.63, 3.8) is 0 Å². The lowest BCUT2D eigenvalue weighted by atomic mass is 10.1. The first kappa shape index (κ1) is 38.1. The molecule has 3 aromatic heterocycles. The number of amides is 2. The van der Waals surface area contributed by atoms with Crippen LogP contribution in [0.1, 0.15) is 56.8 Å². The van der Waals surface area contributed by atoms with Gasteiger partial charge in [-0.1, -0.05) is 35.1 Å². The number of thiazole rings is 1. The second kappa shape index (κ2) is 15.4. The first-order valence-corrected chi connectivity index (χ1v) is 18.8. The molecule has 53 heavy (non-hydrogen) atoms. The van der Waals surface area contributed by atoms with Gasteiger partial charge in [0.2, 0.25) is 0 Å². The number of nitrogens with one attached hydrogen (secondary N) is 2. The van der Waals surface area contributed by atoms with Crippen molar-refractivity contribution in [2.75, 3.05) is 66.8 Å². The van der Waals surface area contributed by atoms with Gasteiger partial charge in [-0.25, -0.2) is 19.7 Å². The van der Waals surface area contributed by atoms with Crippen molar-refractivity contribution in [3.8, 4) is 17.0 Å². The fourth-order valence-corrected chi connectivity index (χ4v) is 7.04. The minimum atomic E-state index is -0.552. The van der Waals surface area contributed by atoms with Gasteiger partial charge < -0.3 is 39.5 Å². The summed E-state index contributed by atoms with van der Waals surface area (Å²) in [5.74, 6) is 1.49. The lowest BCUT2D eigenvalue weighted by molar-refractivity contribution is -0.0701. The van der Waals surface area contributed by atoms with Gasteiger partial charge in [-0.15, -0.1) is 0 Å². The van der Waals surface area contributed by atoms with Crippen LogP contribution in [0.25, 0.3) is 11.3 Å². The predicted molar refractivity (Wildman–Crippen MR) is 210 cm³/mol. The first-order valence-electron chi connectivity index (χ1n) is 17.6. The van der Waals surface area contributed by atoms with E-state index in [1.807, 2.05) is 58.2 Å². The van der Waals surface area contributed by atoms with Crippen LogP contribution in [0.15, 0.2) is 48.8 Å². The van der Waals surface area contributed by atoms with Gasteiger partial charge in [0.25, 0.3) is 5.91 Å². The normalized spacial score (nSPS) is 15.2. The number of carbonyl (C=O) groups is 2. The van der Waals surface area contributed by atoms with Crippen LogP contribution in [0.3, 0.4) is 0 Å². The monoisotopic (exact) mass is 762 g/mol. The number of hydrogen-bond acceptors (Lipinski definition) is 12. The number of nitrogens with zero attached hydrogens (tertiary/aromatic N) is 6. The molecule has 2 aliphatic rings. The topological polar surface area (TPSA) is 134 Å². The third-order valence-electron chi connectivity index (χ3n) is 8.58. The molecule has 2 saturated heterocycles. The van der Waals surface area contributed by atoms with Crippen molar-refractivity contribution in [2.45, 2.75) is 65.8 Å². The second-order valence-corrected chi connectivity index (χ2v) is 16.5. The quantitative estimate of drug-likeness (QED) is 0.174. The van der Waals surface area contributed by atoms with Crippen molar-refractivity contribution in [3.05, 3.63) is 64.3 Å². The maximum atomic E-state index is 13.1. The molecule has 2 amide bonds. The number of rotatable bonds is 9. The molecule has 2 fully saturated rings. The number of benzene rings is 1. The average Bonchev–Trinajstić information content (AvgIpc) is 3.55. The summed E-state index contributed by atoms with van der Waals surface area (Å²) in [6.07, 6.45) is 3.13. The van der Waals surface area contributed by atoms with Crippen molar-refractivity contribution in [1.29, 1.82) is 0 Å². The number of ether oxygens (including phenoxy) is 3. The third kappa shape index (κ3) is 9.29. The molecule has 1 aromatic carbocycles. The van der Waals surface area contributed by atoms with Crippen LogP contribution in [-0.4, -0.2) is 95.5 Å². The second-order valence-electron chi connectivity index (χ2n) is 15.1. The van der Waals surface area contributed by atoms with Crippen LogP contribution in [0.4, 0.5) is 32.9 Å². The highest BCUT2D eigenvalue weighted by Gasteiger charge is 2.35. The Labute approximate surface area is 319 Å². The van der Waals surface area contributed by atoms with E-state index in [-0.39, 0.29) is 23.7 Å². The summed E-state index contributed by atoms with van der Waals surface area (Å²) in [5, 5.41) is 7.07. The average molecular weight is 763 g/mol. The molecule has 0 atom stereocenters. The van der Waals surface area contributed by atoms with Crippen LogP contribution < -0.4 is 25.2 Å². The molecule has 2 N–H and O–H groups in total. The van der Waals surface area contributed by atoms with Crippen LogP contribution in [-0.2, 0) is 9.47 Å². The summed E-state index contributed by atoms with van der Waals surface area (Å²) in [6.45, 7) is 17.5. The molecular weight excluding hydrogens is 716 g/mol. The summed E-state index contributed by atoms with van der Waals surface area (Å²) >= 11 is 7.52. The molecule has 0 saturated carbocycles. The SMILES string of the molecule is COc1ccc(-c2cnc(N3CCN(C(=O)OC(C)(C)C)CC3)c(N3CC(OC(C)(C)C)C3)c2)nc1Nc1ncc(C(=O)Nc2c(C)cccc2Cl)s1. The number of aryl methyl sites for hydroxylation is 1. The Morgan fingerprint density at radius 1 is 0.943 bits per heavy atom. The van der Waals surface area contributed by atoms with Gasteiger partial charge in [-0.2, -0.15) is 0 Å². The van der Waals surface area contributed by atoms with Crippen LogP contribution in [0.5, 0.6) is 5.75 Å². The molecular formula is C38H47ClN8O5S. The highest BCUT2D eigenvalue weighted by Crippen LogP contribution is 2.38. The van der Waals surface area contributed by atoms with Crippen molar-refractivity contribution in [1.82, 2.24) is 19.9 Å². The number of para-hydroxylation sites is 1. The molecule has 4 aromatic rings. The number of hydrogen-bond donors (Lipinski definition) is 2. The number of carbonyl (C=O) groups excluding carboxylic acids is 2. The minimum absolute atomic E-state index is 0.101. The van der Waals surface area contributed by atoms with Crippen LogP contribution >= 0.6 is 22.9 Å². The number of pyridine rings is 2. The molecule has 0 bridgehead atoms. The molecule has 0 aliphatic carbocycles. The zero-order valence-corrected chi connectivity index (χ0v) is 33.0. The summed E-state index contributed by atoms with van der Waals surface area (Å²) in [6, 6.07) is 11.3. The van der Waals surface area contributed by atoms with E-state index in [1.54, 1.807) is 18.1 Å². The standard InChI is InChI=1S/C38H47ClN8O5S/c1-23-10-9-11-26(39)31(23)43-34(48)30-20-41-35(53-30)44-32-29(50-8)13-12-27(42-32)24-18-28(47-21-25(22-47)51-37(2,3)4)33(40-19-24)45-14-16-46(17-15-45)36(49)52-38(5,6)7/h9-13,18-20,25H,14-17,21-22H2,1-8H3,(H,43,48)(H,41,42,44). The zero-order valence-electron chi connectivity index (χ0n) is 31.4.